The fraction of sp³-hybridized carbons (Fsp3) is 0.595. The van der Waals surface area contributed by atoms with E-state index >= 15 is 0 Å². The minimum Gasteiger partial charge on any atom is -0.493 e. The minimum atomic E-state index is -0.629. The van der Waals surface area contributed by atoms with Gasteiger partial charge in [0.05, 0.1) is 24.4 Å². The van der Waals surface area contributed by atoms with Crippen LogP contribution in [-0.2, 0) is 24.9 Å². The summed E-state index contributed by atoms with van der Waals surface area (Å²) in [5.41, 5.74) is 2.05. The first-order chi connectivity index (χ1) is 27.8. The molecule has 3 amide bonds. The summed E-state index contributed by atoms with van der Waals surface area (Å²) < 4.78 is 26.2. The van der Waals surface area contributed by atoms with Crippen molar-refractivity contribution < 1.29 is 28.2 Å². The number of likely N-dealkylation sites (tertiary alicyclic amines) is 2. The second kappa shape index (κ2) is 20.1. The third kappa shape index (κ3) is 11.8. The van der Waals surface area contributed by atoms with Crippen molar-refractivity contribution in [3.05, 3.63) is 64.0 Å². The Morgan fingerprint density at radius 3 is 2.46 bits per heavy atom. The van der Waals surface area contributed by atoms with Crippen molar-refractivity contribution in [3.8, 4) is 5.75 Å². The number of fused-ring (bicyclic) bond motifs is 1. The highest BCUT2D eigenvalue weighted by Gasteiger charge is 2.27. The number of imide groups is 1. The lowest BCUT2D eigenvalue weighted by Gasteiger charge is -2.32. The highest BCUT2D eigenvalue weighted by atomic mass is 32.2. The first-order valence-electron chi connectivity index (χ1n) is 20.7. The molecule has 4 fully saturated rings. The van der Waals surface area contributed by atoms with Gasteiger partial charge >= 0.3 is 0 Å². The number of anilines is 1. The summed E-state index contributed by atoms with van der Waals surface area (Å²) in [6.07, 6.45) is 8.82. The van der Waals surface area contributed by atoms with E-state index in [1.165, 1.54) is 11.6 Å². The molecule has 13 nitrogen and oxygen atoms in total. The lowest BCUT2D eigenvalue weighted by Crippen LogP contribution is -2.47. The third-order valence-corrected chi connectivity index (χ3v) is 13.1. The van der Waals surface area contributed by atoms with Crippen molar-refractivity contribution in [1.29, 1.82) is 0 Å². The van der Waals surface area contributed by atoms with Crippen LogP contribution in [0.2, 0.25) is 0 Å². The number of halogens is 1. The summed E-state index contributed by atoms with van der Waals surface area (Å²) in [5.74, 6) is 1.30. The molecule has 7 rings (SSSR count). The number of amides is 3. The molecule has 308 valence electrons. The van der Waals surface area contributed by atoms with Gasteiger partial charge in [-0.25, -0.2) is 9.37 Å². The number of thioether (sulfide) groups is 1. The van der Waals surface area contributed by atoms with E-state index in [9.17, 15) is 23.6 Å². The van der Waals surface area contributed by atoms with Crippen LogP contribution in [0.4, 0.5) is 10.1 Å². The zero-order chi connectivity index (χ0) is 39.6. The number of rotatable bonds is 16. The van der Waals surface area contributed by atoms with Crippen LogP contribution in [-0.4, -0.2) is 114 Å². The van der Waals surface area contributed by atoms with Crippen LogP contribution in [0.15, 0.2) is 41.2 Å². The normalized spacial score (nSPS) is 20.8. The Morgan fingerprint density at radius 1 is 0.947 bits per heavy atom. The van der Waals surface area contributed by atoms with Gasteiger partial charge in [-0.1, -0.05) is 12.1 Å². The predicted octanol–water partition coefficient (Wildman–Crippen LogP) is 4.56. The second-order valence-corrected chi connectivity index (χ2v) is 17.2. The van der Waals surface area contributed by atoms with Gasteiger partial charge in [-0.3, -0.25) is 29.4 Å². The fourth-order valence-corrected chi connectivity index (χ4v) is 9.35. The van der Waals surface area contributed by atoms with Crippen molar-refractivity contribution in [2.24, 2.45) is 5.92 Å². The van der Waals surface area contributed by atoms with E-state index in [1.54, 1.807) is 17.8 Å². The molecule has 5 heterocycles. The highest BCUT2D eigenvalue weighted by Crippen LogP contribution is 2.30. The number of carbonyl (C=O) groups excluding carboxylic acids is 3. The number of hydrogen-bond donors (Lipinski definition) is 4. The maximum atomic E-state index is 14.9. The highest BCUT2D eigenvalue weighted by molar-refractivity contribution is 7.99. The fourth-order valence-electron chi connectivity index (χ4n) is 8.28. The molecule has 0 bridgehead atoms. The number of aromatic amines is 1. The Labute approximate surface area is 337 Å². The Balaban J connectivity index is 0.741. The minimum absolute atomic E-state index is 0.0470. The van der Waals surface area contributed by atoms with E-state index in [1.807, 2.05) is 12.1 Å². The molecule has 0 spiro atoms. The molecule has 4 saturated heterocycles. The number of unbranched alkanes of at least 4 members (excludes halogenated alkanes) is 1. The van der Waals surface area contributed by atoms with Crippen LogP contribution < -0.4 is 26.2 Å². The molecule has 0 radical (unpaired) electrons. The molecule has 0 saturated carbocycles. The van der Waals surface area contributed by atoms with Crippen LogP contribution in [0.1, 0.15) is 81.5 Å². The lowest BCUT2D eigenvalue weighted by atomic mass is 9.89. The van der Waals surface area contributed by atoms with Gasteiger partial charge in [0.25, 0.3) is 5.56 Å². The van der Waals surface area contributed by atoms with E-state index in [4.69, 9.17) is 9.47 Å². The van der Waals surface area contributed by atoms with Crippen molar-refractivity contribution in [3.63, 3.8) is 0 Å². The largest absolute Gasteiger partial charge is 0.493 e. The van der Waals surface area contributed by atoms with Crippen LogP contribution >= 0.6 is 11.8 Å². The third-order valence-electron chi connectivity index (χ3n) is 11.7. The van der Waals surface area contributed by atoms with Gasteiger partial charge in [0, 0.05) is 49.2 Å². The Kier molecular flexibility index (Phi) is 14.5. The standard InChI is InChI=1S/C42H56FN7O6S/c43-34-23-32(56-26-28-13-21-55-22-14-28)24-36-40(34)42(54)47-37(46-36)27-57-33-11-19-50(20-12-33)25-39(52)44-15-1-2-16-49-17-9-30(10-18-49)29-3-5-31(6-4-29)45-35-7-8-38(51)48-41(35)53/h3-6,23-24,28,30,33,35,45H,1-2,7-22,25-27H2,(H,44,52)(H,46,47,54)(H,48,51,53). The number of ether oxygens (including phenoxy) is 2. The van der Waals surface area contributed by atoms with E-state index in [2.05, 4.69) is 47.9 Å². The molecule has 2 aromatic carbocycles. The lowest BCUT2D eigenvalue weighted by molar-refractivity contribution is -0.133. The van der Waals surface area contributed by atoms with Crippen LogP contribution in [0, 0.1) is 11.7 Å². The zero-order valence-electron chi connectivity index (χ0n) is 32.7. The average molecular weight is 806 g/mol. The van der Waals surface area contributed by atoms with Gasteiger partial charge in [-0.15, -0.1) is 0 Å². The van der Waals surface area contributed by atoms with Gasteiger partial charge in [0.15, 0.2) is 0 Å². The number of H-pyrrole nitrogens is 1. The average Bonchev–Trinajstić information content (AvgIpc) is 3.21. The van der Waals surface area contributed by atoms with Gasteiger partial charge in [0.1, 0.15) is 28.8 Å². The van der Waals surface area contributed by atoms with E-state index in [0.29, 0.717) is 85.7 Å². The quantitative estimate of drug-likeness (QED) is 0.119. The summed E-state index contributed by atoms with van der Waals surface area (Å²) in [4.78, 5) is 61.1. The van der Waals surface area contributed by atoms with Crippen LogP contribution in [0.5, 0.6) is 5.75 Å². The summed E-state index contributed by atoms with van der Waals surface area (Å²) in [5, 5.41) is 9.10. The van der Waals surface area contributed by atoms with Crippen molar-refractivity contribution >= 4 is 46.1 Å². The maximum Gasteiger partial charge on any atom is 0.261 e. The topological polar surface area (TPSA) is 158 Å². The summed E-state index contributed by atoms with van der Waals surface area (Å²) in [6, 6.07) is 10.9. The zero-order valence-corrected chi connectivity index (χ0v) is 33.5. The molecular formula is C42H56FN7O6S. The van der Waals surface area contributed by atoms with Gasteiger partial charge in [-0.2, -0.15) is 11.8 Å². The molecule has 1 aromatic heterocycles. The smallest absolute Gasteiger partial charge is 0.261 e. The molecule has 1 unspecified atom stereocenters. The van der Waals surface area contributed by atoms with Gasteiger partial charge in [-0.05, 0) is 120 Å². The maximum absolute atomic E-state index is 14.9. The number of nitrogens with one attached hydrogen (secondary N) is 4. The molecule has 57 heavy (non-hydrogen) atoms. The Hall–Kier alpha value is -4.05. The first kappa shape index (κ1) is 41.1. The summed E-state index contributed by atoms with van der Waals surface area (Å²) in [7, 11) is 0. The molecule has 4 aliphatic rings. The number of benzene rings is 2. The van der Waals surface area contributed by atoms with Crippen molar-refractivity contribution in [2.75, 3.05) is 71.0 Å². The van der Waals surface area contributed by atoms with E-state index < -0.39 is 11.4 Å². The number of carbonyl (C=O) groups is 3. The first-order valence-corrected chi connectivity index (χ1v) is 21.8. The molecule has 3 aromatic rings. The molecule has 1 atom stereocenters. The molecule has 15 heteroatoms. The number of hydrogen-bond acceptors (Lipinski definition) is 11. The summed E-state index contributed by atoms with van der Waals surface area (Å²) in [6.45, 7) is 7.84. The number of nitrogens with zero attached hydrogens (tertiary/aromatic N) is 3. The SMILES string of the molecule is O=C(CN1CCC(SCc2nc3cc(OCC4CCOCC4)cc(F)c3c(=O)[nH]2)CC1)NCCCCN1CCC(c2ccc(NC3CCC(=O)NC3=O)cc2)CC1. The number of aromatic nitrogens is 2. The predicted molar refractivity (Wildman–Crippen MR) is 219 cm³/mol. The van der Waals surface area contributed by atoms with Crippen LogP contribution in [0.25, 0.3) is 10.9 Å². The summed E-state index contributed by atoms with van der Waals surface area (Å²) >= 11 is 1.74. The van der Waals surface area contributed by atoms with E-state index in [-0.39, 0.29) is 29.1 Å². The van der Waals surface area contributed by atoms with Crippen LogP contribution in [0.3, 0.4) is 0 Å². The molecule has 4 N–H and O–H groups in total. The van der Waals surface area contributed by atoms with Crippen molar-refractivity contribution in [2.45, 2.75) is 87.2 Å². The number of piperidine rings is 3. The molecular weight excluding hydrogens is 750 g/mol. The van der Waals surface area contributed by atoms with E-state index in [0.717, 1.165) is 89.8 Å². The van der Waals surface area contributed by atoms with Crippen molar-refractivity contribution in [1.82, 2.24) is 30.4 Å². The molecule has 4 aliphatic heterocycles. The Morgan fingerprint density at radius 2 is 1.70 bits per heavy atom. The monoisotopic (exact) mass is 805 g/mol. The van der Waals surface area contributed by atoms with Gasteiger partial charge in [0.2, 0.25) is 17.7 Å². The van der Waals surface area contributed by atoms with Gasteiger partial charge < -0.3 is 30.0 Å². The Bertz CT molecular complexity index is 1890. The second-order valence-electron chi connectivity index (χ2n) is 15.9. The molecule has 0 aliphatic carbocycles.